The van der Waals surface area contributed by atoms with E-state index < -0.39 is 0 Å². The molecule has 112 valence electrons. The molecule has 2 rings (SSSR count). The highest BCUT2D eigenvalue weighted by molar-refractivity contribution is 5.40. The van der Waals surface area contributed by atoms with Crippen molar-refractivity contribution < 1.29 is 19.3 Å². The summed E-state index contributed by atoms with van der Waals surface area (Å²) in [5.74, 6) is 2.22. The molecule has 1 N–H and O–H groups in total. The molecule has 0 radical (unpaired) electrons. The summed E-state index contributed by atoms with van der Waals surface area (Å²) in [4.78, 5) is 0. The van der Waals surface area contributed by atoms with Gasteiger partial charge < -0.3 is 19.3 Å². The van der Waals surface area contributed by atoms with Gasteiger partial charge in [0.15, 0.2) is 0 Å². The molecule has 4 nitrogen and oxygen atoms in total. The van der Waals surface area contributed by atoms with Crippen molar-refractivity contribution in [1.82, 2.24) is 0 Å². The van der Waals surface area contributed by atoms with E-state index >= 15 is 0 Å². The van der Waals surface area contributed by atoms with E-state index in [4.69, 9.17) is 14.2 Å². The first-order valence-electron chi connectivity index (χ1n) is 6.92. The third-order valence-corrected chi connectivity index (χ3v) is 3.00. The van der Waals surface area contributed by atoms with Crippen LogP contribution in [0.1, 0.15) is 12.0 Å². The second-order valence-corrected chi connectivity index (χ2v) is 4.50. The van der Waals surface area contributed by atoms with E-state index in [1.807, 2.05) is 30.3 Å². The van der Waals surface area contributed by atoms with Gasteiger partial charge in [0.25, 0.3) is 0 Å². The van der Waals surface area contributed by atoms with E-state index in [2.05, 4.69) is 0 Å². The Morgan fingerprint density at radius 2 is 1.67 bits per heavy atom. The summed E-state index contributed by atoms with van der Waals surface area (Å²) < 4.78 is 16.4. The zero-order valence-corrected chi connectivity index (χ0v) is 12.1. The highest BCUT2D eigenvalue weighted by atomic mass is 16.5. The van der Waals surface area contributed by atoms with Crippen molar-refractivity contribution in [1.29, 1.82) is 0 Å². The van der Waals surface area contributed by atoms with E-state index in [9.17, 15) is 5.11 Å². The fourth-order valence-electron chi connectivity index (χ4n) is 1.87. The molecule has 0 heterocycles. The number of benzene rings is 2. The largest absolute Gasteiger partial charge is 0.497 e. The number of ether oxygens (including phenoxy) is 3. The first-order valence-corrected chi connectivity index (χ1v) is 6.92. The van der Waals surface area contributed by atoms with Gasteiger partial charge >= 0.3 is 0 Å². The SMILES string of the molecule is COc1ccc(CO)c(OCCCOc2ccccc2)c1. The zero-order chi connectivity index (χ0) is 14.9. The van der Waals surface area contributed by atoms with E-state index in [0.29, 0.717) is 24.7 Å². The molecule has 2 aromatic carbocycles. The molecule has 0 fully saturated rings. The summed E-state index contributed by atoms with van der Waals surface area (Å²) >= 11 is 0. The van der Waals surface area contributed by atoms with Gasteiger partial charge in [-0.15, -0.1) is 0 Å². The van der Waals surface area contributed by atoms with E-state index in [0.717, 1.165) is 17.7 Å². The Hall–Kier alpha value is -2.20. The van der Waals surface area contributed by atoms with Crippen LogP contribution >= 0.6 is 0 Å². The fraction of sp³-hybridized carbons (Fsp3) is 0.294. The number of hydrogen-bond donors (Lipinski definition) is 1. The van der Waals surface area contributed by atoms with Crippen LogP contribution in [0.4, 0.5) is 0 Å². The first kappa shape index (κ1) is 15.2. The molecule has 0 aromatic heterocycles. The van der Waals surface area contributed by atoms with Crippen molar-refractivity contribution >= 4 is 0 Å². The van der Waals surface area contributed by atoms with Crippen molar-refractivity contribution in [3.8, 4) is 17.2 Å². The van der Waals surface area contributed by atoms with Gasteiger partial charge in [-0.25, -0.2) is 0 Å². The smallest absolute Gasteiger partial charge is 0.128 e. The van der Waals surface area contributed by atoms with Crippen molar-refractivity contribution in [2.75, 3.05) is 20.3 Å². The van der Waals surface area contributed by atoms with Crippen LogP contribution in [0, 0.1) is 0 Å². The van der Waals surface area contributed by atoms with Crippen LogP contribution in [0.3, 0.4) is 0 Å². The van der Waals surface area contributed by atoms with E-state index in [1.54, 1.807) is 25.3 Å². The summed E-state index contributed by atoms with van der Waals surface area (Å²) in [6.45, 7) is 1.05. The van der Waals surface area contributed by atoms with Gasteiger partial charge in [0.2, 0.25) is 0 Å². The lowest BCUT2D eigenvalue weighted by molar-refractivity contribution is 0.235. The van der Waals surface area contributed by atoms with Gasteiger partial charge in [-0.1, -0.05) is 18.2 Å². The third kappa shape index (κ3) is 4.68. The molecule has 21 heavy (non-hydrogen) atoms. The molecule has 0 atom stereocenters. The van der Waals surface area contributed by atoms with Crippen LogP contribution in [0.25, 0.3) is 0 Å². The van der Waals surface area contributed by atoms with Crippen LogP contribution in [-0.4, -0.2) is 25.4 Å². The highest BCUT2D eigenvalue weighted by Gasteiger charge is 2.05. The standard InChI is InChI=1S/C17H20O4/c1-19-16-9-8-14(13-18)17(12-16)21-11-5-10-20-15-6-3-2-4-7-15/h2-4,6-9,12,18H,5,10-11,13H2,1H3. The third-order valence-electron chi connectivity index (χ3n) is 3.00. The normalized spacial score (nSPS) is 10.2. The number of para-hydroxylation sites is 1. The molecule has 0 saturated carbocycles. The van der Waals surface area contributed by atoms with Gasteiger partial charge in [0.1, 0.15) is 17.2 Å². The summed E-state index contributed by atoms with van der Waals surface area (Å²) in [6.07, 6.45) is 0.761. The molecule has 0 unspecified atom stereocenters. The van der Waals surface area contributed by atoms with Gasteiger partial charge in [-0.3, -0.25) is 0 Å². The lowest BCUT2D eigenvalue weighted by Gasteiger charge is -2.12. The van der Waals surface area contributed by atoms with Crippen LogP contribution in [0.5, 0.6) is 17.2 Å². The highest BCUT2D eigenvalue weighted by Crippen LogP contribution is 2.25. The average molecular weight is 288 g/mol. The molecule has 4 heteroatoms. The Bertz CT molecular complexity index is 540. The minimum absolute atomic E-state index is 0.0557. The lowest BCUT2D eigenvalue weighted by atomic mass is 10.2. The molecule has 0 aliphatic rings. The number of hydrogen-bond acceptors (Lipinski definition) is 4. The molecule has 0 spiro atoms. The average Bonchev–Trinajstić information content (AvgIpc) is 2.55. The monoisotopic (exact) mass is 288 g/mol. The summed E-state index contributed by atoms with van der Waals surface area (Å²) in [7, 11) is 1.60. The number of aliphatic hydroxyl groups is 1. The van der Waals surface area contributed by atoms with E-state index in [-0.39, 0.29) is 6.61 Å². The second kappa shape index (κ2) is 8.17. The Balaban J connectivity index is 1.78. The van der Waals surface area contributed by atoms with Gasteiger partial charge in [0, 0.05) is 18.1 Å². The molecular weight excluding hydrogens is 268 g/mol. The van der Waals surface area contributed by atoms with Gasteiger partial charge in [0.05, 0.1) is 26.9 Å². The Morgan fingerprint density at radius 3 is 2.38 bits per heavy atom. The molecule has 0 amide bonds. The molecule has 2 aromatic rings. The Labute approximate surface area is 124 Å². The minimum atomic E-state index is -0.0557. The maximum absolute atomic E-state index is 9.29. The van der Waals surface area contributed by atoms with Crippen LogP contribution in [-0.2, 0) is 6.61 Å². The predicted octanol–water partition coefficient (Wildman–Crippen LogP) is 3.04. The molecular formula is C17H20O4. The summed E-state index contributed by atoms with van der Waals surface area (Å²) in [5, 5.41) is 9.29. The maximum atomic E-state index is 9.29. The van der Waals surface area contributed by atoms with Crippen molar-refractivity contribution in [3.63, 3.8) is 0 Å². The van der Waals surface area contributed by atoms with Gasteiger partial charge in [-0.05, 0) is 24.3 Å². The van der Waals surface area contributed by atoms with E-state index in [1.165, 1.54) is 0 Å². The van der Waals surface area contributed by atoms with Crippen LogP contribution in [0.2, 0.25) is 0 Å². The predicted molar refractivity (Wildman–Crippen MR) is 81.0 cm³/mol. The topological polar surface area (TPSA) is 47.9 Å². The minimum Gasteiger partial charge on any atom is -0.497 e. The number of aliphatic hydroxyl groups excluding tert-OH is 1. The fourth-order valence-corrected chi connectivity index (χ4v) is 1.87. The molecule has 0 saturated heterocycles. The number of methoxy groups -OCH3 is 1. The maximum Gasteiger partial charge on any atom is 0.128 e. The molecule has 0 bridgehead atoms. The first-order chi connectivity index (χ1) is 10.3. The zero-order valence-electron chi connectivity index (χ0n) is 12.1. The quantitative estimate of drug-likeness (QED) is 0.758. The van der Waals surface area contributed by atoms with Gasteiger partial charge in [-0.2, -0.15) is 0 Å². The van der Waals surface area contributed by atoms with Crippen LogP contribution in [0.15, 0.2) is 48.5 Å². The summed E-state index contributed by atoms with van der Waals surface area (Å²) in [5.41, 5.74) is 0.750. The molecule has 0 aliphatic heterocycles. The summed E-state index contributed by atoms with van der Waals surface area (Å²) in [6, 6.07) is 15.1. The Morgan fingerprint density at radius 1 is 0.905 bits per heavy atom. The number of rotatable bonds is 8. The molecule has 0 aliphatic carbocycles. The van der Waals surface area contributed by atoms with Crippen molar-refractivity contribution in [2.24, 2.45) is 0 Å². The lowest BCUT2D eigenvalue weighted by Crippen LogP contribution is -2.06. The Kier molecular flexibility index (Phi) is 5.91. The second-order valence-electron chi connectivity index (χ2n) is 4.50. The van der Waals surface area contributed by atoms with Crippen molar-refractivity contribution in [2.45, 2.75) is 13.0 Å². The van der Waals surface area contributed by atoms with Crippen molar-refractivity contribution in [3.05, 3.63) is 54.1 Å². The van der Waals surface area contributed by atoms with Crippen LogP contribution < -0.4 is 14.2 Å².